The molecule has 0 bridgehead atoms. The molecule has 0 aliphatic heterocycles. The summed E-state index contributed by atoms with van der Waals surface area (Å²) < 4.78 is 5.30. The Morgan fingerprint density at radius 1 is 1.08 bits per heavy atom. The molecule has 2 aromatic carbocycles. The van der Waals surface area contributed by atoms with Crippen molar-refractivity contribution in [2.45, 2.75) is 84.0 Å². The predicted octanol–water partition coefficient (Wildman–Crippen LogP) is 4.50. The van der Waals surface area contributed by atoms with Crippen LogP contribution in [0.5, 0.6) is 0 Å². The molecular weight excluding hydrogens is 470 g/mol. The van der Waals surface area contributed by atoms with Crippen molar-refractivity contribution in [2.75, 3.05) is 11.9 Å². The summed E-state index contributed by atoms with van der Waals surface area (Å²) in [6, 6.07) is 12.7. The molecule has 0 saturated heterocycles. The molecule has 0 heterocycles. The summed E-state index contributed by atoms with van der Waals surface area (Å²) in [6.45, 7) is 8.48. The highest BCUT2D eigenvalue weighted by molar-refractivity contribution is 5.99. The molecule has 3 amide bonds. The van der Waals surface area contributed by atoms with E-state index in [0.29, 0.717) is 11.3 Å². The monoisotopic (exact) mass is 509 g/mol. The predicted molar refractivity (Wildman–Crippen MR) is 143 cm³/mol. The van der Waals surface area contributed by atoms with Gasteiger partial charge < -0.3 is 25.4 Å². The van der Waals surface area contributed by atoms with E-state index in [1.165, 1.54) is 4.90 Å². The molecule has 0 radical (unpaired) electrons. The molecule has 0 aromatic heterocycles. The maximum absolute atomic E-state index is 13.9. The van der Waals surface area contributed by atoms with Crippen LogP contribution in [0.15, 0.2) is 48.5 Å². The molecule has 2 atom stereocenters. The first kappa shape index (κ1) is 28.2. The first-order valence-electron chi connectivity index (χ1n) is 12.9. The van der Waals surface area contributed by atoms with E-state index < -0.39 is 36.3 Å². The van der Waals surface area contributed by atoms with Gasteiger partial charge in [0.05, 0.1) is 6.61 Å². The number of amides is 3. The second-order valence-electron chi connectivity index (χ2n) is 10.5. The van der Waals surface area contributed by atoms with Crippen LogP contribution in [0.3, 0.4) is 0 Å². The lowest BCUT2D eigenvalue weighted by Crippen LogP contribution is -2.58. The average molecular weight is 510 g/mol. The molecular formula is C29H39N3O5. The lowest BCUT2D eigenvalue weighted by Gasteiger charge is -2.43. The fourth-order valence-corrected chi connectivity index (χ4v) is 4.29. The third-order valence-electron chi connectivity index (χ3n) is 6.53. The lowest BCUT2D eigenvalue weighted by atomic mass is 9.88. The van der Waals surface area contributed by atoms with E-state index in [1.807, 2.05) is 55.5 Å². The van der Waals surface area contributed by atoms with Crippen molar-refractivity contribution in [2.24, 2.45) is 0 Å². The Balaban J connectivity index is 1.99. The van der Waals surface area contributed by atoms with Crippen LogP contribution in [-0.2, 0) is 20.7 Å². The van der Waals surface area contributed by atoms with E-state index in [2.05, 4.69) is 17.6 Å². The molecule has 1 saturated carbocycles. The summed E-state index contributed by atoms with van der Waals surface area (Å²) in [5, 5.41) is 15.6. The molecule has 8 nitrogen and oxygen atoms in total. The standard InChI is InChI=1S/C29H39N3O5/c1-6-20-14-16-21(17-15-20)25(26(34)30-23-13-8-7-10-19(23)2)32(22-11-9-12-22)27(35)24(18-33)31-28(36)37-29(3,4)5/h7-8,10,13-17,22,24-25,33H,6,9,11-12,18H2,1-5H3,(H,30,34)(H,31,36). The van der Waals surface area contributed by atoms with E-state index >= 15 is 0 Å². The molecule has 1 aliphatic carbocycles. The smallest absolute Gasteiger partial charge is 0.408 e. The fraction of sp³-hybridized carbons (Fsp3) is 0.483. The van der Waals surface area contributed by atoms with E-state index in [1.54, 1.807) is 20.8 Å². The molecule has 0 spiro atoms. The number of aryl methyl sites for hydroxylation is 2. The lowest BCUT2D eigenvalue weighted by molar-refractivity contribution is -0.146. The molecule has 8 heteroatoms. The fourth-order valence-electron chi connectivity index (χ4n) is 4.29. The minimum Gasteiger partial charge on any atom is -0.444 e. The van der Waals surface area contributed by atoms with Gasteiger partial charge in [0.15, 0.2) is 0 Å². The van der Waals surface area contributed by atoms with E-state index in [0.717, 1.165) is 36.8 Å². The van der Waals surface area contributed by atoms with Gasteiger partial charge in [-0.25, -0.2) is 4.79 Å². The van der Waals surface area contributed by atoms with Gasteiger partial charge in [0.2, 0.25) is 5.91 Å². The number of benzene rings is 2. The van der Waals surface area contributed by atoms with Crippen molar-refractivity contribution in [1.29, 1.82) is 0 Å². The SMILES string of the molecule is CCc1ccc(C(C(=O)Nc2ccccc2C)N(C(=O)C(CO)NC(=O)OC(C)(C)C)C2CCC2)cc1. The Kier molecular flexibility index (Phi) is 9.32. The highest BCUT2D eigenvalue weighted by Crippen LogP contribution is 2.34. The number of nitrogens with one attached hydrogen (secondary N) is 2. The number of aliphatic hydroxyl groups is 1. The number of aliphatic hydroxyl groups excluding tert-OH is 1. The number of anilines is 1. The van der Waals surface area contributed by atoms with Gasteiger partial charge in [0.25, 0.3) is 5.91 Å². The molecule has 200 valence electrons. The quantitative estimate of drug-likeness (QED) is 0.461. The summed E-state index contributed by atoms with van der Waals surface area (Å²) >= 11 is 0. The highest BCUT2D eigenvalue weighted by atomic mass is 16.6. The van der Waals surface area contributed by atoms with Crippen LogP contribution >= 0.6 is 0 Å². The van der Waals surface area contributed by atoms with Crippen LogP contribution in [0, 0.1) is 6.92 Å². The number of ether oxygens (including phenoxy) is 1. The number of hydrogen-bond donors (Lipinski definition) is 3. The van der Waals surface area contributed by atoms with Crippen molar-refractivity contribution in [3.05, 3.63) is 65.2 Å². The van der Waals surface area contributed by atoms with Gasteiger partial charge in [-0.15, -0.1) is 0 Å². The first-order valence-corrected chi connectivity index (χ1v) is 12.9. The normalized spacial score (nSPS) is 15.2. The third-order valence-corrected chi connectivity index (χ3v) is 6.53. The summed E-state index contributed by atoms with van der Waals surface area (Å²) in [5.41, 5.74) is 2.57. The van der Waals surface area contributed by atoms with Crippen LogP contribution < -0.4 is 10.6 Å². The number of rotatable bonds is 9. The number of alkyl carbamates (subject to hydrolysis) is 1. The van der Waals surface area contributed by atoms with Gasteiger partial charge in [-0.3, -0.25) is 9.59 Å². The Bertz CT molecular complexity index is 1090. The van der Waals surface area contributed by atoms with Gasteiger partial charge in [-0.05, 0) is 76.1 Å². The largest absolute Gasteiger partial charge is 0.444 e. The number of para-hydroxylation sites is 1. The Labute approximate surface area is 219 Å². The van der Waals surface area contributed by atoms with Crippen molar-refractivity contribution < 1.29 is 24.2 Å². The van der Waals surface area contributed by atoms with E-state index in [9.17, 15) is 19.5 Å². The van der Waals surface area contributed by atoms with Gasteiger partial charge in [0, 0.05) is 11.7 Å². The van der Waals surface area contributed by atoms with Crippen molar-refractivity contribution in [1.82, 2.24) is 10.2 Å². The first-order chi connectivity index (χ1) is 17.5. The molecule has 3 rings (SSSR count). The average Bonchev–Trinajstić information content (AvgIpc) is 2.81. The zero-order valence-corrected chi connectivity index (χ0v) is 22.4. The van der Waals surface area contributed by atoms with Crippen molar-refractivity contribution >= 4 is 23.6 Å². The summed E-state index contributed by atoms with van der Waals surface area (Å²) in [4.78, 5) is 41.7. The van der Waals surface area contributed by atoms with Crippen LogP contribution in [0.1, 0.15) is 69.7 Å². The summed E-state index contributed by atoms with van der Waals surface area (Å²) in [7, 11) is 0. The van der Waals surface area contributed by atoms with Crippen LogP contribution in [0.25, 0.3) is 0 Å². The maximum Gasteiger partial charge on any atom is 0.408 e. The summed E-state index contributed by atoms with van der Waals surface area (Å²) in [5.74, 6) is -0.879. The molecule has 37 heavy (non-hydrogen) atoms. The van der Waals surface area contributed by atoms with Crippen LogP contribution in [0.2, 0.25) is 0 Å². The molecule has 2 aromatic rings. The number of carbonyl (C=O) groups is 3. The molecule has 1 fully saturated rings. The topological polar surface area (TPSA) is 108 Å². The third kappa shape index (κ3) is 7.32. The maximum atomic E-state index is 13.9. The minimum absolute atomic E-state index is 0.194. The molecule has 2 unspecified atom stereocenters. The number of nitrogens with zero attached hydrogens (tertiary/aromatic N) is 1. The van der Waals surface area contributed by atoms with Crippen LogP contribution in [-0.4, -0.2) is 52.2 Å². The second kappa shape index (κ2) is 12.2. The van der Waals surface area contributed by atoms with Gasteiger partial charge in [-0.2, -0.15) is 0 Å². The number of carbonyl (C=O) groups excluding carboxylic acids is 3. The van der Waals surface area contributed by atoms with E-state index in [-0.39, 0.29) is 11.9 Å². The van der Waals surface area contributed by atoms with Crippen molar-refractivity contribution in [3.8, 4) is 0 Å². The highest BCUT2D eigenvalue weighted by Gasteiger charge is 2.42. The zero-order valence-electron chi connectivity index (χ0n) is 22.4. The van der Waals surface area contributed by atoms with Crippen molar-refractivity contribution in [3.63, 3.8) is 0 Å². The van der Waals surface area contributed by atoms with Gasteiger partial charge in [-0.1, -0.05) is 49.4 Å². The van der Waals surface area contributed by atoms with E-state index in [4.69, 9.17) is 4.74 Å². The zero-order chi connectivity index (χ0) is 27.2. The van der Waals surface area contributed by atoms with Gasteiger partial charge >= 0.3 is 6.09 Å². The molecule has 1 aliphatic rings. The Morgan fingerprint density at radius 2 is 1.73 bits per heavy atom. The second-order valence-corrected chi connectivity index (χ2v) is 10.5. The number of hydrogen-bond acceptors (Lipinski definition) is 5. The minimum atomic E-state index is -1.25. The Morgan fingerprint density at radius 3 is 2.24 bits per heavy atom. The molecule has 3 N–H and O–H groups in total. The Hall–Kier alpha value is -3.39. The summed E-state index contributed by atoms with van der Waals surface area (Å²) in [6.07, 6.45) is 2.44. The van der Waals surface area contributed by atoms with Gasteiger partial charge in [0.1, 0.15) is 17.7 Å². The van der Waals surface area contributed by atoms with Crippen LogP contribution in [0.4, 0.5) is 10.5 Å².